The molecular formula is C28H36O3. The third kappa shape index (κ3) is 5.64. The fourth-order valence-corrected chi connectivity index (χ4v) is 4.99. The Balaban J connectivity index is 1.95. The van der Waals surface area contributed by atoms with Gasteiger partial charge in [-0.1, -0.05) is 87.9 Å². The lowest BCUT2D eigenvalue weighted by Crippen LogP contribution is -2.47. The monoisotopic (exact) mass is 420 g/mol. The van der Waals surface area contributed by atoms with E-state index in [9.17, 15) is 9.59 Å². The topological polar surface area (TPSA) is 43.4 Å². The highest BCUT2D eigenvalue weighted by molar-refractivity contribution is 6.03. The van der Waals surface area contributed by atoms with Crippen molar-refractivity contribution in [2.24, 2.45) is 23.2 Å². The second kappa shape index (κ2) is 10.3. The van der Waals surface area contributed by atoms with Crippen LogP contribution in [-0.2, 0) is 27.2 Å². The van der Waals surface area contributed by atoms with Crippen molar-refractivity contribution in [2.75, 3.05) is 0 Å². The van der Waals surface area contributed by atoms with Gasteiger partial charge in [0.25, 0.3) is 0 Å². The maximum absolute atomic E-state index is 13.8. The van der Waals surface area contributed by atoms with Gasteiger partial charge in [-0.25, -0.2) is 0 Å². The summed E-state index contributed by atoms with van der Waals surface area (Å²) in [5.74, 6) is 0.828. The fourth-order valence-electron chi connectivity index (χ4n) is 4.99. The molecule has 1 fully saturated rings. The minimum atomic E-state index is -1.22. The van der Waals surface area contributed by atoms with Crippen LogP contribution in [0.25, 0.3) is 0 Å². The van der Waals surface area contributed by atoms with Gasteiger partial charge in [-0.15, -0.1) is 0 Å². The van der Waals surface area contributed by atoms with E-state index in [1.807, 2.05) is 60.7 Å². The van der Waals surface area contributed by atoms with Crippen molar-refractivity contribution in [1.29, 1.82) is 0 Å². The van der Waals surface area contributed by atoms with Crippen LogP contribution in [0, 0.1) is 23.2 Å². The number of hydrogen-bond donors (Lipinski definition) is 0. The van der Waals surface area contributed by atoms with E-state index in [1.165, 1.54) is 13.3 Å². The molecule has 0 unspecified atom stereocenters. The summed E-state index contributed by atoms with van der Waals surface area (Å²) in [5.41, 5.74) is 0.733. The summed E-state index contributed by atoms with van der Waals surface area (Å²) >= 11 is 0. The fraction of sp³-hybridized carbons (Fsp3) is 0.500. The van der Waals surface area contributed by atoms with Crippen molar-refractivity contribution < 1.29 is 14.3 Å². The number of benzene rings is 2. The number of esters is 1. The second-order valence-electron chi connectivity index (χ2n) is 9.73. The van der Waals surface area contributed by atoms with Gasteiger partial charge in [-0.3, -0.25) is 9.59 Å². The molecular weight excluding hydrogens is 384 g/mol. The summed E-state index contributed by atoms with van der Waals surface area (Å²) in [6.07, 6.45) is 3.70. The van der Waals surface area contributed by atoms with Gasteiger partial charge in [0.15, 0.2) is 0 Å². The first-order valence-electron chi connectivity index (χ1n) is 11.6. The summed E-state index contributed by atoms with van der Waals surface area (Å²) in [5, 5.41) is 0. The first kappa shape index (κ1) is 23.2. The van der Waals surface area contributed by atoms with E-state index in [1.54, 1.807) is 0 Å². The van der Waals surface area contributed by atoms with E-state index in [2.05, 4.69) is 20.8 Å². The Morgan fingerprint density at radius 3 is 1.90 bits per heavy atom. The predicted octanol–water partition coefficient (Wildman–Crippen LogP) is 6.05. The van der Waals surface area contributed by atoms with Crippen LogP contribution in [0.3, 0.4) is 0 Å². The number of hydrogen-bond acceptors (Lipinski definition) is 3. The molecule has 0 saturated heterocycles. The standard InChI is InChI=1S/C28H36O3/c1-20(2)25-16-15-21(3)17-26(25)31-27(30)28(22(4)29,18-23-11-7-5-8-12-23)19-24-13-9-6-10-14-24/h5-14,20-21,25-26H,15-19H2,1-4H3/t21-,25+,26+/m0/s1. The smallest absolute Gasteiger partial charge is 0.320 e. The molecule has 0 heterocycles. The molecule has 3 nitrogen and oxygen atoms in total. The highest BCUT2D eigenvalue weighted by atomic mass is 16.5. The summed E-state index contributed by atoms with van der Waals surface area (Å²) in [6.45, 7) is 8.17. The molecule has 0 N–H and O–H groups in total. The first-order valence-corrected chi connectivity index (χ1v) is 11.6. The molecule has 0 bridgehead atoms. The van der Waals surface area contributed by atoms with E-state index in [-0.39, 0.29) is 17.9 Å². The minimum absolute atomic E-state index is 0.124. The molecule has 0 aromatic heterocycles. The zero-order chi connectivity index (χ0) is 22.4. The maximum Gasteiger partial charge on any atom is 0.320 e. The van der Waals surface area contributed by atoms with Crippen molar-refractivity contribution in [1.82, 2.24) is 0 Å². The Kier molecular flexibility index (Phi) is 7.69. The van der Waals surface area contributed by atoms with Gasteiger partial charge in [-0.05, 0) is 61.5 Å². The van der Waals surface area contributed by atoms with Gasteiger partial charge in [0, 0.05) is 0 Å². The molecule has 0 aliphatic heterocycles. The minimum Gasteiger partial charge on any atom is -0.461 e. The number of ketones is 1. The lowest BCUT2D eigenvalue weighted by Gasteiger charge is -2.39. The number of carbonyl (C=O) groups is 2. The number of ether oxygens (including phenoxy) is 1. The molecule has 1 aliphatic carbocycles. The zero-order valence-electron chi connectivity index (χ0n) is 19.3. The van der Waals surface area contributed by atoms with Crippen LogP contribution in [0.15, 0.2) is 60.7 Å². The highest BCUT2D eigenvalue weighted by Gasteiger charge is 2.47. The first-order chi connectivity index (χ1) is 14.8. The molecule has 31 heavy (non-hydrogen) atoms. The van der Waals surface area contributed by atoms with Gasteiger partial charge < -0.3 is 4.74 Å². The van der Waals surface area contributed by atoms with E-state index in [0.29, 0.717) is 30.6 Å². The van der Waals surface area contributed by atoms with E-state index >= 15 is 0 Å². The van der Waals surface area contributed by atoms with Crippen molar-refractivity contribution in [2.45, 2.75) is 65.9 Å². The van der Waals surface area contributed by atoms with Gasteiger partial charge in [-0.2, -0.15) is 0 Å². The molecule has 3 heteroatoms. The van der Waals surface area contributed by atoms with Crippen molar-refractivity contribution in [3.8, 4) is 0 Å². The van der Waals surface area contributed by atoms with Gasteiger partial charge in [0.2, 0.25) is 0 Å². The lowest BCUT2D eigenvalue weighted by atomic mass is 9.72. The Labute approximate surface area is 187 Å². The molecule has 3 atom stereocenters. The number of Topliss-reactive ketones (excluding diaryl/α,β-unsaturated/α-hetero) is 1. The second-order valence-corrected chi connectivity index (χ2v) is 9.73. The van der Waals surface area contributed by atoms with E-state index in [0.717, 1.165) is 24.0 Å². The molecule has 0 spiro atoms. The van der Waals surface area contributed by atoms with Gasteiger partial charge in [0.1, 0.15) is 17.3 Å². The average molecular weight is 421 g/mol. The molecule has 3 rings (SSSR count). The molecule has 0 radical (unpaired) electrons. The maximum atomic E-state index is 13.8. The molecule has 166 valence electrons. The Morgan fingerprint density at radius 1 is 0.935 bits per heavy atom. The summed E-state index contributed by atoms with van der Waals surface area (Å²) in [4.78, 5) is 27.0. The molecule has 2 aromatic rings. The highest BCUT2D eigenvalue weighted by Crippen LogP contribution is 2.38. The molecule has 1 saturated carbocycles. The lowest BCUT2D eigenvalue weighted by molar-refractivity contribution is -0.171. The Hall–Kier alpha value is -2.42. The number of rotatable bonds is 8. The van der Waals surface area contributed by atoms with E-state index < -0.39 is 5.41 Å². The van der Waals surface area contributed by atoms with Crippen LogP contribution in [0.4, 0.5) is 0 Å². The predicted molar refractivity (Wildman–Crippen MR) is 125 cm³/mol. The van der Waals surface area contributed by atoms with Gasteiger partial charge in [0.05, 0.1) is 0 Å². The normalized spacial score (nSPS) is 21.6. The third-order valence-corrected chi connectivity index (χ3v) is 6.98. The van der Waals surface area contributed by atoms with Crippen LogP contribution < -0.4 is 0 Å². The van der Waals surface area contributed by atoms with Gasteiger partial charge >= 0.3 is 5.97 Å². The molecule has 0 amide bonds. The van der Waals surface area contributed by atoms with Crippen molar-refractivity contribution in [3.05, 3.63) is 71.8 Å². The van der Waals surface area contributed by atoms with Crippen molar-refractivity contribution >= 4 is 11.8 Å². The quantitative estimate of drug-likeness (QED) is 0.386. The molecule has 1 aliphatic rings. The van der Waals surface area contributed by atoms with Crippen LogP contribution in [-0.4, -0.2) is 17.9 Å². The molecule has 2 aromatic carbocycles. The third-order valence-electron chi connectivity index (χ3n) is 6.98. The van der Waals surface area contributed by atoms with Crippen LogP contribution in [0.2, 0.25) is 0 Å². The van der Waals surface area contributed by atoms with Crippen LogP contribution in [0.1, 0.15) is 58.1 Å². The Bertz CT molecular complexity index is 815. The van der Waals surface area contributed by atoms with Crippen LogP contribution in [0.5, 0.6) is 0 Å². The summed E-state index contributed by atoms with van der Waals surface area (Å²) in [6, 6.07) is 19.6. The zero-order valence-corrected chi connectivity index (χ0v) is 19.3. The largest absolute Gasteiger partial charge is 0.461 e. The van der Waals surface area contributed by atoms with Crippen LogP contribution >= 0.6 is 0 Å². The average Bonchev–Trinajstić information content (AvgIpc) is 2.74. The summed E-state index contributed by atoms with van der Waals surface area (Å²) < 4.78 is 6.25. The van der Waals surface area contributed by atoms with Crippen molar-refractivity contribution in [3.63, 3.8) is 0 Å². The summed E-state index contributed by atoms with van der Waals surface area (Å²) in [7, 11) is 0. The van der Waals surface area contributed by atoms with E-state index in [4.69, 9.17) is 4.74 Å². The SMILES string of the molecule is CC(=O)C(Cc1ccccc1)(Cc1ccccc1)C(=O)O[C@@H]1C[C@@H](C)CC[C@@H]1C(C)C. The Morgan fingerprint density at radius 2 is 1.45 bits per heavy atom. The number of carbonyl (C=O) groups excluding carboxylic acids is 2.